The second kappa shape index (κ2) is 6.95. The quantitative estimate of drug-likeness (QED) is 0.522. The number of aryl methyl sites for hydroxylation is 1. The fraction of sp³-hybridized carbons (Fsp3) is 0.200. The molecule has 2 rings (SSSR count). The molecule has 1 heterocycles. The highest BCUT2D eigenvalue weighted by molar-refractivity contribution is 7.14. The smallest absolute Gasteiger partial charge is 0.269 e. The Morgan fingerprint density at radius 2 is 1.95 bits per heavy atom. The number of non-ortho nitro benzene ring substituents is 1. The van der Waals surface area contributed by atoms with Crippen molar-refractivity contribution in [2.24, 2.45) is 5.10 Å². The van der Waals surface area contributed by atoms with E-state index >= 15 is 0 Å². The van der Waals surface area contributed by atoms with Crippen molar-refractivity contribution in [1.29, 1.82) is 0 Å². The van der Waals surface area contributed by atoms with Gasteiger partial charge < -0.3 is 0 Å². The normalized spacial score (nSPS) is 11.3. The predicted octanol–water partition coefficient (Wildman–Crippen LogP) is 3.05. The number of amides is 1. The van der Waals surface area contributed by atoms with Crippen LogP contribution in [-0.4, -0.2) is 16.5 Å². The molecule has 0 saturated heterocycles. The molecule has 2 aromatic rings. The number of rotatable bonds is 5. The molecule has 0 radical (unpaired) electrons. The lowest BCUT2D eigenvalue weighted by atomic mass is 10.1. The van der Waals surface area contributed by atoms with E-state index < -0.39 is 4.92 Å². The molecule has 0 saturated carbocycles. The van der Waals surface area contributed by atoms with Crippen molar-refractivity contribution in [2.45, 2.75) is 20.3 Å². The van der Waals surface area contributed by atoms with Gasteiger partial charge in [-0.15, -0.1) is 11.3 Å². The highest BCUT2D eigenvalue weighted by atomic mass is 32.1. The van der Waals surface area contributed by atoms with E-state index in [1.54, 1.807) is 23.5 Å². The van der Waals surface area contributed by atoms with Gasteiger partial charge in [0.05, 0.1) is 21.9 Å². The number of carbonyl (C=O) groups excluding carboxylic acids is 1. The average molecular weight is 317 g/mol. The number of nitro groups is 1. The number of hydrazone groups is 1. The molecule has 0 bridgehead atoms. The van der Waals surface area contributed by atoms with E-state index in [9.17, 15) is 14.9 Å². The highest BCUT2D eigenvalue weighted by Gasteiger charge is 2.07. The van der Waals surface area contributed by atoms with Gasteiger partial charge in [-0.2, -0.15) is 5.10 Å². The molecule has 0 aliphatic carbocycles. The van der Waals surface area contributed by atoms with E-state index in [4.69, 9.17) is 0 Å². The maximum absolute atomic E-state index is 11.8. The molecule has 1 amide bonds. The molecule has 0 atom stereocenters. The topological polar surface area (TPSA) is 84.6 Å². The standard InChI is InChI=1S/C15H15N3O3S/c1-10-3-8-14(22-10)11(2)16-17-15(19)9-12-4-6-13(7-5-12)18(20)21/h3-8H,9H2,1-2H3,(H,17,19)/b16-11+. The van der Waals surface area contributed by atoms with Crippen LogP contribution in [0.3, 0.4) is 0 Å². The molecular formula is C15H15N3O3S. The Balaban J connectivity index is 1.94. The van der Waals surface area contributed by atoms with Gasteiger partial charge in [0.2, 0.25) is 5.91 Å². The van der Waals surface area contributed by atoms with Crippen LogP contribution in [0.5, 0.6) is 0 Å². The highest BCUT2D eigenvalue weighted by Crippen LogP contribution is 2.15. The molecule has 22 heavy (non-hydrogen) atoms. The number of benzene rings is 1. The van der Waals surface area contributed by atoms with Gasteiger partial charge >= 0.3 is 0 Å². The minimum absolute atomic E-state index is 0.00564. The number of nitrogens with one attached hydrogen (secondary N) is 1. The minimum Gasteiger partial charge on any atom is -0.273 e. The van der Waals surface area contributed by atoms with Crippen molar-refractivity contribution < 1.29 is 9.72 Å². The lowest BCUT2D eigenvalue weighted by Crippen LogP contribution is -2.21. The van der Waals surface area contributed by atoms with Crippen LogP contribution >= 0.6 is 11.3 Å². The van der Waals surface area contributed by atoms with E-state index in [2.05, 4.69) is 10.5 Å². The summed E-state index contributed by atoms with van der Waals surface area (Å²) >= 11 is 1.61. The number of nitrogens with zero attached hydrogens (tertiary/aromatic N) is 2. The van der Waals surface area contributed by atoms with Crippen LogP contribution in [0.15, 0.2) is 41.5 Å². The van der Waals surface area contributed by atoms with Gasteiger partial charge in [-0.25, -0.2) is 5.43 Å². The number of thiophene rings is 1. The van der Waals surface area contributed by atoms with E-state index in [-0.39, 0.29) is 18.0 Å². The van der Waals surface area contributed by atoms with Gasteiger partial charge in [-0.1, -0.05) is 12.1 Å². The monoisotopic (exact) mass is 317 g/mol. The first-order valence-corrected chi connectivity index (χ1v) is 7.40. The first-order chi connectivity index (χ1) is 10.5. The van der Waals surface area contributed by atoms with Crippen LogP contribution in [0.4, 0.5) is 5.69 Å². The number of hydrogen-bond acceptors (Lipinski definition) is 5. The molecule has 7 heteroatoms. The zero-order chi connectivity index (χ0) is 16.1. The van der Waals surface area contributed by atoms with Crippen molar-refractivity contribution in [3.05, 3.63) is 61.8 Å². The van der Waals surface area contributed by atoms with Crippen molar-refractivity contribution in [1.82, 2.24) is 5.43 Å². The van der Waals surface area contributed by atoms with Gasteiger partial charge in [0.15, 0.2) is 0 Å². The van der Waals surface area contributed by atoms with Gasteiger partial charge in [-0.3, -0.25) is 14.9 Å². The summed E-state index contributed by atoms with van der Waals surface area (Å²) in [6.45, 7) is 3.84. The predicted molar refractivity (Wildman–Crippen MR) is 86.2 cm³/mol. The van der Waals surface area contributed by atoms with E-state index in [0.717, 1.165) is 10.6 Å². The number of nitro benzene ring substituents is 1. The summed E-state index contributed by atoms with van der Waals surface area (Å²) in [6.07, 6.45) is 0.123. The molecule has 0 aliphatic rings. The molecule has 0 spiro atoms. The number of carbonyl (C=O) groups is 1. The molecule has 1 N–H and O–H groups in total. The van der Waals surface area contributed by atoms with E-state index in [0.29, 0.717) is 5.56 Å². The molecule has 0 aliphatic heterocycles. The zero-order valence-corrected chi connectivity index (χ0v) is 13.0. The molecule has 1 aromatic carbocycles. The fourth-order valence-electron chi connectivity index (χ4n) is 1.79. The molecule has 6 nitrogen and oxygen atoms in total. The molecule has 114 valence electrons. The fourth-order valence-corrected chi connectivity index (χ4v) is 2.60. The summed E-state index contributed by atoms with van der Waals surface area (Å²) < 4.78 is 0. The van der Waals surface area contributed by atoms with Gasteiger partial charge in [0.1, 0.15) is 0 Å². The third-order valence-electron chi connectivity index (χ3n) is 2.96. The maximum Gasteiger partial charge on any atom is 0.269 e. The van der Waals surface area contributed by atoms with Crippen LogP contribution in [-0.2, 0) is 11.2 Å². The summed E-state index contributed by atoms with van der Waals surface area (Å²) in [5.41, 5.74) is 3.95. The van der Waals surface area contributed by atoms with Crippen LogP contribution in [0.25, 0.3) is 0 Å². The summed E-state index contributed by atoms with van der Waals surface area (Å²) in [7, 11) is 0. The van der Waals surface area contributed by atoms with Crippen molar-refractivity contribution in [3.8, 4) is 0 Å². The van der Waals surface area contributed by atoms with Crippen molar-refractivity contribution in [3.63, 3.8) is 0 Å². The Morgan fingerprint density at radius 3 is 2.50 bits per heavy atom. The Bertz CT molecular complexity index is 720. The largest absolute Gasteiger partial charge is 0.273 e. The first-order valence-electron chi connectivity index (χ1n) is 6.59. The second-order valence-corrected chi connectivity index (χ2v) is 6.03. The summed E-state index contributed by atoms with van der Waals surface area (Å²) in [5.74, 6) is -0.263. The van der Waals surface area contributed by atoms with E-state index in [1.165, 1.54) is 17.0 Å². The average Bonchev–Trinajstić information content (AvgIpc) is 2.92. The van der Waals surface area contributed by atoms with Crippen molar-refractivity contribution in [2.75, 3.05) is 0 Å². The third-order valence-corrected chi connectivity index (χ3v) is 4.07. The molecule has 1 aromatic heterocycles. The Hall–Kier alpha value is -2.54. The lowest BCUT2D eigenvalue weighted by molar-refractivity contribution is -0.384. The van der Waals surface area contributed by atoms with Gasteiger partial charge in [-0.05, 0) is 31.5 Å². The maximum atomic E-state index is 11.8. The Morgan fingerprint density at radius 1 is 1.27 bits per heavy atom. The van der Waals surface area contributed by atoms with E-state index in [1.807, 2.05) is 26.0 Å². The lowest BCUT2D eigenvalue weighted by Gasteiger charge is -2.02. The first kappa shape index (κ1) is 15.8. The van der Waals surface area contributed by atoms with Crippen LogP contribution in [0, 0.1) is 17.0 Å². The van der Waals surface area contributed by atoms with Crippen LogP contribution in [0.2, 0.25) is 0 Å². The third kappa shape index (κ3) is 4.23. The van der Waals surface area contributed by atoms with Crippen LogP contribution < -0.4 is 5.43 Å². The molecular weight excluding hydrogens is 302 g/mol. The summed E-state index contributed by atoms with van der Waals surface area (Å²) in [6, 6.07) is 9.85. The van der Waals surface area contributed by atoms with Gasteiger partial charge in [0, 0.05) is 17.0 Å². The molecule has 0 fully saturated rings. The summed E-state index contributed by atoms with van der Waals surface area (Å²) in [4.78, 5) is 24.1. The van der Waals surface area contributed by atoms with Crippen LogP contribution in [0.1, 0.15) is 22.2 Å². The van der Waals surface area contributed by atoms with Gasteiger partial charge in [0.25, 0.3) is 5.69 Å². The number of hydrogen-bond donors (Lipinski definition) is 1. The SMILES string of the molecule is C/C(=N\NC(=O)Cc1ccc([N+](=O)[O-])cc1)c1ccc(C)s1. The minimum atomic E-state index is -0.472. The van der Waals surface area contributed by atoms with Crippen molar-refractivity contribution >= 4 is 28.6 Å². The molecule has 0 unspecified atom stereocenters. The Kier molecular flexibility index (Phi) is 5.00. The zero-order valence-electron chi connectivity index (χ0n) is 12.2. The Labute approximate surface area is 131 Å². The summed E-state index contributed by atoms with van der Waals surface area (Å²) in [5, 5.41) is 14.6. The second-order valence-electron chi connectivity index (χ2n) is 4.74.